The summed E-state index contributed by atoms with van der Waals surface area (Å²) in [7, 11) is 1.38. The molecule has 0 spiro atoms. The van der Waals surface area contributed by atoms with E-state index in [1.54, 1.807) is 12.1 Å². The number of ether oxygens (including phenoxy) is 2. The topological polar surface area (TPSA) is 111 Å². The third kappa shape index (κ3) is 8.09. The van der Waals surface area contributed by atoms with Crippen LogP contribution in [-0.2, 0) is 17.7 Å². The summed E-state index contributed by atoms with van der Waals surface area (Å²) in [6, 6.07) is 9.03. The van der Waals surface area contributed by atoms with Gasteiger partial charge in [-0.1, -0.05) is 38.8 Å². The molecule has 0 atom stereocenters. The SMILES string of the molecule is C/C=C(\C(Nc1cc(F)c2c(c1)CCN(CCOCCCCC)C2)=C(\C)CC)c1cccc(-n2ncc(C(=O)N=O)c2OC)n1. The van der Waals surface area contributed by atoms with Crippen molar-refractivity contribution in [3.63, 3.8) is 0 Å². The van der Waals surface area contributed by atoms with E-state index in [0.29, 0.717) is 30.4 Å². The second-order valence-corrected chi connectivity index (χ2v) is 11.0. The summed E-state index contributed by atoms with van der Waals surface area (Å²) in [6.45, 7) is 11.9. The Bertz CT molecular complexity index is 1560. The average molecular weight is 619 g/mol. The monoisotopic (exact) mass is 618 g/mol. The number of nitrogens with one attached hydrogen (secondary N) is 1. The van der Waals surface area contributed by atoms with Crippen LogP contribution in [0.15, 0.2) is 59.1 Å². The number of fused-ring (bicyclic) bond motifs is 1. The number of nitrogens with zero attached hydrogens (tertiary/aromatic N) is 5. The Labute approximate surface area is 264 Å². The lowest BCUT2D eigenvalue weighted by molar-refractivity contribution is 0.0960. The summed E-state index contributed by atoms with van der Waals surface area (Å²) >= 11 is 0. The number of anilines is 1. The van der Waals surface area contributed by atoms with E-state index in [1.807, 2.05) is 38.1 Å². The van der Waals surface area contributed by atoms with Crippen molar-refractivity contribution in [3.05, 3.63) is 87.0 Å². The predicted molar refractivity (Wildman–Crippen MR) is 174 cm³/mol. The van der Waals surface area contributed by atoms with Gasteiger partial charge in [0, 0.05) is 53.9 Å². The molecule has 0 unspecified atom stereocenters. The van der Waals surface area contributed by atoms with Crippen molar-refractivity contribution in [1.82, 2.24) is 19.7 Å². The molecule has 0 fully saturated rings. The zero-order valence-corrected chi connectivity index (χ0v) is 26.9. The van der Waals surface area contributed by atoms with Gasteiger partial charge in [-0.05, 0) is 68.5 Å². The van der Waals surface area contributed by atoms with Crippen molar-refractivity contribution >= 4 is 17.2 Å². The van der Waals surface area contributed by atoms with E-state index in [1.165, 1.54) is 30.8 Å². The Balaban J connectivity index is 1.56. The maximum Gasteiger partial charge on any atom is 0.323 e. The van der Waals surface area contributed by atoms with Crippen LogP contribution in [-0.4, -0.2) is 59.0 Å². The van der Waals surface area contributed by atoms with Crippen molar-refractivity contribution in [2.24, 2.45) is 5.18 Å². The van der Waals surface area contributed by atoms with Gasteiger partial charge in [0.05, 0.1) is 25.6 Å². The molecular weight excluding hydrogens is 575 g/mol. The van der Waals surface area contributed by atoms with Crippen molar-refractivity contribution in [2.45, 2.75) is 66.3 Å². The van der Waals surface area contributed by atoms with Gasteiger partial charge in [0.2, 0.25) is 5.88 Å². The van der Waals surface area contributed by atoms with Crippen LogP contribution < -0.4 is 10.1 Å². The fraction of sp³-hybridized carbons (Fsp3) is 0.441. The number of amides is 1. The molecule has 1 aromatic carbocycles. The molecule has 0 aliphatic carbocycles. The molecule has 1 amide bonds. The van der Waals surface area contributed by atoms with E-state index < -0.39 is 5.91 Å². The number of halogens is 1. The molecule has 0 bridgehead atoms. The summed E-state index contributed by atoms with van der Waals surface area (Å²) in [5.74, 6) is -0.751. The molecule has 1 aliphatic heterocycles. The van der Waals surface area contributed by atoms with Gasteiger partial charge >= 0.3 is 5.91 Å². The number of nitroso groups, excluding NO2 is 1. The van der Waals surface area contributed by atoms with Crippen LogP contribution in [0.3, 0.4) is 0 Å². The summed E-state index contributed by atoms with van der Waals surface area (Å²) in [5.41, 5.74) is 5.72. The summed E-state index contributed by atoms with van der Waals surface area (Å²) in [5, 5.41) is 10.2. The van der Waals surface area contributed by atoms with Crippen LogP contribution in [0.25, 0.3) is 11.4 Å². The summed E-state index contributed by atoms with van der Waals surface area (Å²) in [6.07, 6.45) is 8.14. The third-order valence-electron chi connectivity index (χ3n) is 8.05. The van der Waals surface area contributed by atoms with Crippen LogP contribution in [0.2, 0.25) is 0 Å². The number of carbonyl (C=O) groups is 1. The number of aromatic nitrogens is 3. The normalized spacial score (nSPS) is 14.1. The molecule has 45 heavy (non-hydrogen) atoms. The number of hydrogen-bond donors (Lipinski definition) is 1. The van der Waals surface area contributed by atoms with Gasteiger partial charge in [-0.2, -0.15) is 9.78 Å². The number of unbranched alkanes of at least 4 members (excludes halogenated alkanes) is 2. The van der Waals surface area contributed by atoms with Gasteiger partial charge < -0.3 is 14.8 Å². The zero-order valence-electron chi connectivity index (χ0n) is 26.9. The Kier molecular flexibility index (Phi) is 12.1. The average Bonchev–Trinajstić information content (AvgIpc) is 3.50. The number of methoxy groups -OCH3 is 1. The number of rotatable bonds is 15. The second-order valence-electron chi connectivity index (χ2n) is 11.0. The fourth-order valence-electron chi connectivity index (χ4n) is 5.42. The molecule has 0 radical (unpaired) electrons. The lowest BCUT2D eigenvalue weighted by Gasteiger charge is -2.29. The highest BCUT2D eigenvalue weighted by molar-refractivity contribution is 5.97. The van der Waals surface area contributed by atoms with E-state index in [9.17, 15) is 9.70 Å². The Morgan fingerprint density at radius 3 is 2.73 bits per heavy atom. The zero-order chi connectivity index (χ0) is 32.3. The highest BCUT2D eigenvalue weighted by atomic mass is 19.1. The largest absolute Gasteiger partial charge is 0.480 e. The molecule has 3 heterocycles. The molecule has 2 aromatic heterocycles. The van der Waals surface area contributed by atoms with Gasteiger partial charge in [0.25, 0.3) is 0 Å². The molecule has 0 saturated carbocycles. The van der Waals surface area contributed by atoms with Crippen LogP contribution in [0.5, 0.6) is 5.88 Å². The lowest BCUT2D eigenvalue weighted by atomic mass is 9.97. The molecule has 11 heteroatoms. The first-order valence-electron chi connectivity index (χ1n) is 15.6. The Morgan fingerprint density at radius 1 is 1.20 bits per heavy atom. The highest BCUT2D eigenvalue weighted by Crippen LogP contribution is 2.32. The molecule has 4 rings (SSSR count). The first kappa shape index (κ1) is 33.7. The number of benzene rings is 1. The second kappa shape index (κ2) is 16.2. The lowest BCUT2D eigenvalue weighted by Crippen LogP contribution is -2.34. The van der Waals surface area contributed by atoms with Crippen molar-refractivity contribution in [1.29, 1.82) is 0 Å². The predicted octanol–water partition coefficient (Wildman–Crippen LogP) is 7.09. The van der Waals surface area contributed by atoms with E-state index in [2.05, 4.69) is 34.3 Å². The van der Waals surface area contributed by atoms with E-state index in [4.69, 9.17) is 14.5 Å². The first-order valence-corrected chi connectivity index (χ1v) is 15.6. The smallest absolute Gasteiger partial charge is 0.323 e. The van der Waals surface area contributed by atoms with E-state index in [-0.39, 0.29) is 17.3 Å². The maximum absolute atomic E-state index is 15.6. The first-order chi connectivity index (χ1) is 21.8. The van der Waals surface area contributed by atoms with E-state index >= 15 is 4.39 Å². The van der Waals surface area contributed by atoms with Crippen LogP contribution in [0, 0.1) is 10.7 Å². The van der Waals surface area contributed by atoms with Gasteiger partial charge in [-0.15, -0.1) is 4.91 Å². The van der Waals surface area contributed by atoms with Crippen molar-refractivity contribution < 1.29 is 18.7 Å². The van der Waals surface area contributed by atoms with Crippen LogP contribution in [0.1, 0.15) is 80.6 Å². The van der Waals surface area contributed by atoms with E-state index in [0.717, 1.165) is 66.9 Å². The van der Waals surface area contributed by atoms with Crippen LogP contribution in [0.4, 0.5) is 10.1 Å². The molecule has 10 nitrogen and oxygen atoms in total. The number of pyridine rings is 1. The minimum atomic E-state index is -0.979. The quantitative estimate of drug-likeness (QED) is 0.109. The van der Waals surface area contributed by atoms with Crippen molar-refractivity contribution in [2.75, 3.05) is 38.7 Å². The molecule has 3 aromatic rings. The molecule has 240 valence electrons. The standard InChI is InChI=1S/C34H43FN6O4/c1-6-9-10-17-45-18-16-40-15-14-24-19-25(20-29(35)28(24)22-40)37-32(23(4)7-2)26(8-3)30-12-11-13-31(38-30)41-34(44-5)27(21-36-41)33(42)39-43/h8,11-13,19-21,37H,6-7,9-10,14-18,22H2,1-5H3/b26-8-,32-23+. The van der Waals surface area contributed by atoms with Crippen molar-refractivity contribution in [3.8, 4) is 11.7 Å². The molecule has 1 N–H and O–H groups in total. The van der Waals surface area contributed by atoms with Gasteiger partial charge in [0.15, 0.2) is 5.82 Å². The van der Waals surface area contributed by atoms with Gasteiger partial charge in [-0.25, -0.2) is 9.37 Å². The fourth-order valence-corrected chi connectivity index (χ4v) is 5.42. The van der Waals surface area contributed by atoms with Gasteiger partial charge in [0.1, 0.15) is 11.4 Å². The summed E-state index contributed by atoms with van der Waals surface area (Å²) < 4.78 is 28.0. The maximum atomic E-state index is 15.6. The highest BCUT2D eigenvalue weighted by Gasteiger charge is 2.23. The summed E-state index contributed by atoms with van der Waals surface area (Å²) in [4.78, 5) is 29.9. The number of carbonyl (C=O) groups excluding carboxylic acids is 1. The van der Waals surface area contributed by atoms with Gasteiger partial charge in [-0.3, -0.25) is 9.69 Å². The number of allylic oxidation sites excluding steroid dienone is 3. The molecule has 1 aliphatic rings. The van der Waals surface area contributed by atoms with Crippen LogP contribution >= 0.6 is 0 Å². The minimum absolute atomic E-state index is 0.0525. The molecule has 0 saturated heterocycles. The number of hydrogen-bond acceptors (Lipinski definition) is 8. The minimum Gasteiger partial charge on any atom is -0.480 e. The Morgan fingerprint density at radius 2 is 2.02 bits per heavy atom. The third-order valence-corrected chi connectivity index (χ3v) is 8.05. The molecular formula is C34H43FN6O4. The Hall–Kier alpha value is -4.22.